The van der Waals surface area contributed by atoms with Crippen molar-refractivity contribution in [3.05, 3.63) is 54.1 Å². The molecule has 0 aliphatic rings. The summed E-state index contributed by atoms with van der Waals surface area (Å²) >= 11 is 0. The lowest BCUT2D eigenvalue weighted by molar-refractivity contribution is 0.185. The van der Waals surface area contributed by atoms with Gasteiger partial charge in [-0.2, -0.15) is 4.39 Å². The Morgan fingerprint density at radius 1 is 1.24 bits per heavy atom. The van der Waals surface area contributed by atoms with Gasteiger partial charge in [0.15, 0.2) is 0 Å². The van der Waals surface area contributed by atoms with E-state index in [0.717, 1.165) is 11.3 Å². The highest BCUT2D eigenvalue weighted by Crippen LogP contribution is 2.17. The first-order valence-corrected chi connectivity index (χ1v) is 5.24. The Balaban J connectivity index is 2.15. The second-order valence-electron chi connectivity index (χ2n) is 3.63. The zero-order valence-electron chi connectivity index (χ0n) is 9.48. The maximum absolute atomic E-state index is 12.9. The fourth-order valence-electron chi connectivity index (χ4n) is 1.55. The van der Waals surface area contributed by atoms with Crippen LogP contribution in [0.2, 0.25) is 0 Å². The number of nitrogens with one attached hydrogen (secondary N) is 1. The second-order valence-corrected chi connectivity index (χ2v) is 3.63. The van der Waals surface area contributed by atoms with Gasteiger partial charge in [-0.05, 0) is 23.8 Å². The van der Waals surface area contributed by atoms with Crippen LogP contribution in [0.1, 0.15) is 5.56 Å². The Kier molecular flexibility index (Phi) is 3.67. The molecule has 0 bridgehead atoms. The van der Waals surface area contributed by atoms with Gasteiger partial charge >= 0.3 is 0 Å². The van der Waals surface area contributed by atoms with Crippen LogP contribution in [0.15, 0.2) is 42.6 Å². The van der Waals surface area contributed by atoms with E-state index in [4.69, 9.17) is 4.74 Å². The third-order valence-electron chi connectivity index (χ3n) is 2.25. The first-order chi connectivity index (χ1) is 8.28. The third-order valence-corrected chi connectivity index (χ3v) is 2.25. The standard InChI is InChI=1S/C13H13FN2O/c1-17-9-10-3-2-4-11(7-10)16-12-5-6-15-13(14)8-12/h2-8H,9H2,1H3,(H,15,16). The van der Waals surface area contributed by atoms with Crippen LogP contribution in [0.3, 0.4) is 0 Å². The van der Waals surface area contributed by atoms with Gasteiger partial charge in [-0.1, -0.05) is 12.1 Å². The van der Waals surface area contributed by atoms with Crippen molar-refractivity contribution in [2.45, 2.75) is 6.61 Å². The largest absolute Gasteiger partial charge is 0.380 e. The number of pyridine rings is 1. The lowest BCUT2D eigenvalue weighted by atomic mass is 10.2. The van der Waals surface area contributed by atoms with Gasteiger partial charge < -0.3 is 10.1 Å². The monoisotopic (exact) mass is 232 g/mol. The quantitative estimate of drug-likeness (QED) is 0.822. The molecule has 0 saturated carbocycles. The Morgan fingerprint density at radius 2 is 2.06 bits per heavy atom. The molecule has 17 heavy (non-hydrogen) atoms. The van der Waals surface area contributed by atoms with Crippen LogP contribution < -0.4 is 5.32 Å². The van der Waals surface area contributed by atoms with E-state index in [1.807, 2.05) is 24.3 Å². The molecule has 4 heteroatoms. The van der Waals surface area contributed by atoms with Crippen molar-refractivity contribution in [3.8, 4) is 0 Å². The third kappa shape index (κ3) is 3.26. The zero-order chi connectivity index (χ0) is 12.1. The van der Waals surface area contributed by atoms with E-state index in [9.17, 15) is 4.39 Å². The van der Waals surface area contributed by atoms with Crippen molar-refractivity contribution in [2.75, 3.05) is 12.4 Å². The van der Waals surface area contributed by atoms with Crippen molar-refractivity contribution < 1.29 is 9.13 Å². The number of nitrogens with zero attached hydrogens (tertiary/aromatic N) is 1. The van der Waals surface area contributed by atoms with Crippen LogP contribution in [-0.4, -0.2) is 12.1 Å². The molecule has 2 rings (SSSR count). The first kappa shape index (κ1) is 11.5. The molecule has 1 N–H and O–H groups in total. The first-order valence-electron chi connectivity index (χ1n) is 5.24. The number of ether oxygens (including phenoxy) is 1. The van der Waals surface area contributed by atoms with Gasteiger partial charge in [-0.25, -0.2) is 4.98 Å². The molecule has 88 valence electrons. The normalized spacial score (nSPS) is 10.2. The van der Waals surface area contributed by atoms with Gasteiger partial charge in [0.05, 0.1) is 6.61 Å². The summed E-state index contributed by atoms with van der Waals surface area (Å²) in [6.07, 6.45) is 1.43. The fourth-order valence-corrected chi connectivity index (χ4v) is 1.55. The minimum absolute atomic E-state index is 0.497. The highest BCUT2D eigenvalue weighted by Gasteiger charge is 1.98. The smallest absolute Gasteiger partial charge is 0.214 e. The number of methoxy groups -OCH3 is 1. The summed E-state index contributed by atoms with van der Waals surface area (Å²) in [5.74, 6) is -0.497. The number of aromatic nitrogens is 1. The van der Waals surface area contributed by atoms with Crippen LogP contribution in [0.25, 0.3) is 0 Å². The lowest BCUT2D eigenvalue weighted by Gasteiger charge is -2.07. The molecule has 1 aromatic carbocycles. The Morgan fingerprint density at radius 3 is 2.82 bits per heavy atom. The highest BCUT2D eigenvalue weighted by molar-refractivity contribution is 5.59. The molecule has 0 fully saturated rings. The molecule has 0 unspecified atom stereocenters. The lowest BCUT2D eigenvalue weighted by Crippen LogP contribution is -1.94. The van der Waals surface area contributed by atoms with Crippen LogP contribution >= 0.6 is 0 Å². The highest BCUT2D eigenvalue weighted by atomic mass is 19.1. The molecule has 0 aliphatic carbocycles. The topological polar surface area (TPSA) is 34.1 Å². The predicted molar refractivity (Wildman–Crippen MR) is 64.6 cm³/mol. The molecule has 1 aromatic heterocycles. The summed E-state index contributed by atoms with van der Waals surface area (Å²) in [5, 5.41) is 3.11. The van der Waals surface area contributed by atoms with Gasteiger partial charge in [0, 0.05) is 30.7 Å². The summed E-state index contributed by atoms with van der Waals surface area (Å²) in [5.41, 5.74) is 2.63. The molecule has 0 saturated heterocycles. The number of anilines is 2. The molecule has 0 spiro atoms. The Labute approximate surface area is 99.3 Å². The fraction of sp³-hybridized carbons (Fsp3) is 0.154. The maximum atomic E-state index is 12.9. The molecule has 0 aliphatic heterocycles. The molecule has 3 nitrogen and oxygen atoms in total. The van der Waals surface area contributed by atoms with Crippen molar-refractivity contribution in [2.24, 2.45) is 0 Å². The van der Waals surface area contributed by atoms with Gasteiger partial charge in [0.2, 0.25) is 5.95 Å². The van der Waals surface area contributed by atoms with Crippen molar-refractivity contribution in [1.29, 1.82) is 0 Å². The molecule has 1 heterocycles. The summed E-state index contributed by atoms with van der Waals surface area (Å²) in [4.78, 5) is 3.50. The predicted octanol–water partition coefficient (Wildman–Crippen LogP) is 3.11. The number of halogens is 1. The van der Waals surface area contributed by atoms with Crippen molar-refractivity contribution in [3.63, 3.8) is 0 Å². The van der Waals surface area contributed by atoms with E-state index in [2.05, 4.69) is 10.3 Å². The van der Waals surface area contributed by atoms with E-state index in [0.29, 0.717) is 12.3 Å². The minimum atomic E-state index is -0.497. The van der Waals surface area contributed by atoms with Gasteiger partial charge in [-0.3, -0.25) is 0 Å². The van der Waals surface area contributed by atoms with Gasteiger partial charge in [0.25, 0.3) is 0 Å². The van der Waals surface area contributed by atoms with E-state index in [1.165, 1.54) is 12.3 Å². The number of rotatable bonds is 4. The number of hydrogen-bond acceptors (Lipinski definition) is 3. The van der Waals surface area contributed by atoms with Crippen molar-refractivity contribution >= 4 is 11.4 Å². The van der Waals surface area contributed by atoms with Crippen LogP contribution in [-0.2, 0) is 11.3 Å². The molecule has 0 amide bonds. The van der Waals surface area contributed by atoms with E-state index in [-0.39, 0.29) is 0 Å². The molecular weight excluding hydrogens is 219 g/mol. The molecule has 0 atom stereocenters. The Hall–Kier alpha value is -1.94. The van der Waals surface area contributed by atoms with E-state index < -0.39 is 5.95 Å². The van der Waals surface area contributed by atoms with E-state index >= 15 is 0 Å². The van der Waals surface area contributed by atoms with Crippen LogP contribution in [0.4, 0.5) is 15.8 Å². The second kappa shape index (κ2) is 5.41. The zero-order valence-corrected chi connectivity index (χ0v) is 9.48. The summed E-state index contributed by atoms with van der Waals surface area (Å²) < 4.78 is 18.0. The van der Waals surface area contributed by atoms with Crippen molar-refractivity contribution in [1.82, 2.24) is 4.98 Å². The molecule has 2 aromatic rings. The SMILES string of the molecule is COCc1cccc(Nc2ccnc(F)c2)c1. The molecular formula is C13H13FN2O. The van der Waals surface area contributed by atoms with Gasteiger partial charge in [-0.15, -0.1) is 0 Å². The summed E-state index contributed by atoms with van der Waals surface area (Å²) in [7, 11) is 1.65. The Bertz CT molecular complexity index is 502. The average Bonchev–Trinajstić information content (AvgIpc) is 2.30. The summed E-state index contributed by atoms with van der Waals surface area (Å²) in [6.45, 7) is 0.556. The molecule has 0 radical (unpaired) electrons. The average molecular weight is 232 g/mol. The van der Waals surface area contributed by atoms with E-state index in [1.54, 1.807) is 13.2 Å². The minimum Gasteiger partial charge on any atom is -0.380 e. The maximum Gasteiger partial charge on any atom is 0.214 e. The van der Waals surface area contributed by atoms with Crippen LogP contribution in [0.5, 0.6) is 0 Å². The number of hydrogen-bond donors (Lipinski definition) is 1. The van der Waals surface area contributed by atoms with Gasteiger partial charge in [0.1, 0.15) is 0 Å². The van der Waals surface area contributed by atoms with Crippen LogP contribution in [0, 0.1) is 5.95 Å². The number of benzene rings is 1. The summed E-state index contributed by atoms with van der Waals surface area (Å²) in [6, 6.07) is 10.8.